The summed E-state index contributed by atoms with van der Waals surface area (Å²) in [7, 11) is 2.86. The van der Waals surface area contributed by atoms with E-state index in [1.165, 1.54) is 7.11 Å². The Hall–Kier alpha value is -1.64. The summed E-state index contributed by atoms with van der Waals surface area (Å²) in [6.45, 7) is 5.21. The van der Waals surface area contributed by atoms with E-state index in [0.717, 1.165) is 18.7 Å². The fourth-order valence-electron chi connectivity index (χ4n) is 2.92. The van der Waals surface area contributed by atoms with Crippen LogP contribution in [0.2, 0.25) is 0 Å². The predicted molar refractivity (Wildman–Crippen MR) is 85.6 cm³/mol. The van der Waals surface area contributed by atoms with Crippen LogP contribution in [-0.2, 0) is 14.3 Å². The number of carbonyl (C=O) groups excluding carboxylic acids is 1. The van der Waals surface area contributed by atoms with E-state index in [1.807, 2.05) is 6.92 Å². The van der Waals surface area contributed by atoms with E-state index in [1.54, 1.807) is 11.9 Å². The third-order valence-electron chi connectivity index (χ3n) is 4.43. The van der Waals surface area contributed by atoms with Crippen molar-refractivity contribution in [3.05, 3.63) is 35.1 Å². The van der Waals surface area contributed by atoms with Crippen molar-refractivity contribution in [2.24, 2.45) is 0 Å². The summed E-state index contributed by atoms with van der Waals surface area (Å²) < 4.78 is 50.4. The zero-order chi connectivity index (χ0) is 18.6. The van der Waals surface area contributed by atoms with Crippen LogP contribution in [0.4, 0.5) is 13.2 Å². The van der Waals surface area contributed by atoms with E-state index in [2.05, 4.69) is 4.90 Å². The maximum absolute atomic E-state index is 13.6. The SMILES string of the molecule is COC(=O)[C@@H](c1cc(F)c(F)c(F)c1)N(C)CCN1CCOC[C@H]1C. The fourth-order valence-corrected chi connectivity index (χ4v) is 2.92. The number of halogens is 3. The predicted octanol–water partition coefficient (Wildman–Crippen LogP) is 1.97. The van der Waals surface area contributed by atoms with E-state index in [0.29, 0.717) is 26.3 Å². The number of rotatable bonds is 6. The highest BCUT2D eigenvalue weighted by Crippen LogP contribution is 2.25. The van der Waals surface area contributed by atoms with Crippen molar-refractivity contribution < 1.29 is 27.4 Å². The highest BCUT2D eigenvalue weighted by molar-refractivity contribution is 5.77. The monoisotopic (exact) mass is 360 g/mol. The highest BCUT2D eigenvalue weighted by Gasteiger charge is 2.29. The molecule has 1 heterocycles. The second-order valence-electron chi connectivity index (χ2n) is 6.16. The van der Waals surface area contributed by atoms with E-state index < -0.39 is 29.5 Å². The third-order valence-corrected chi connectivity index (χ3v) is 4.43. The minimum Gasteiger partial charge on any atom is -0.468 e. The van der Waals surface area contributed by atoms with Gasteiger partial charge < -0.3 is 9.47 Å². The van der Waals surface area contributed by atoms with Crippen molar-refractivity contribution in [2.75, 3.05) is 47.0 Å². The average molecular weight is 360 g/mol. The standard InChI is InChI=1S/C17H23F3N2O3/c1-11-10-25-7-6-22(11)5-4-21(2)16(17(23)24-3)12-8-13(18)15(20)14(19)9-12/h8-9,11,16H,4-7,10H2,1-3H3/t11-,16-/m1/s1. The number of hydrogen-bond acceptors (Lipinski definition) is 5. The van der Waals surface area contributed by atoms with Gasteiger partial charge in [-0.15, -0.1) is 0 Å². The van der Waals surface area contributed by atoms with Crippen LogP contribution in [0.15, 0.2) is 12.1 Å². The van der Waals surface area contributed by atoms with Crippen molar-refractivity contribution in [3.63, 3.8) is 0 Å². The molecule has 140 valence electrons. The molecule has 0 radical (unpaired) electrons. The van der Waals surface area contributed by atoms with Gasteiger partial charge >= 0.3 is 5.97 Å². The normalized spacial score (nSPS) is 19.9. The van der Waals surface area contributed by atoms with Gasteiger partial charge in [-0.25, -0.2) is 18.0 Å². The summed E-state index contributed by atoms with van der Waals surface area (Å²) in [6, 6.07) is 0.882. The first kappa shape index (κ1) is 19.7. The van der Waals surface area contributed by atoms with Gasteiger partial charge in [-0.3, -0.25) is 9.80 Å². The maximum Gasteiger partial charge on any atom is 0.327 e. The van der Waals surface area contributed by atoms with E-state index >= 15 is 0 Å². The van der Waals surface area contributed by atoms with E-state index in [-0.39, 0.29) is 11.6 Å². The summed E-state index contributed by atoms with van der Waals surface area (Å²) in [6.07, 6.45) is 0. The molecule has 0 aliphatic carbocycles. The molecule has 1 fully saturated rings. The Morgan fingerprint density at radius 3 is 2.60 bits per heavy atom. The smallest absolute Gasteiger partial charge is 0.327 e. The second kappa shape index (κ2) is 8.64. The lowest BCUT2D eigenvalue weighted by atomic mass is 10.0. The van der Waals surface area contributed by atoms with E-state index in [9.17, 15) is 18.0 Å². The van der Waals surface area contributed by atoms with Crippen molar-refractivity contribution in [3.8, 4) is 0 Å². The minimum absolute atomic E-state index is 0.0146. The quantitative estimate of drug-likeness (QED) is 0.573. The first-order chi connectivity index (χ1) is 11.8. The van der Waals surface area contributed by atoms with Gasteiger partial charge in [0.1, 0.15) is 6.04 Å². The van der Waals surface area contributed by atoms with Crippen LogP contribution in [0.5, 0.6) is 0 Å². The number of carbonyl (C=O) groups is 1. The maximum atomic E-state index is 13.6. The molecule has 1 aliphatic rings. The number of hydrogen-bond donors (Lipinski definition) is 0. The molecule has 0 unspecified atom stereocenters. The molecule has 1 saturated heterocycles. The van der Waals surface area contributed by atoms with Gasteiger partial charge in [-0.2, -0.15) is 0 Å². The third kappa shape index (κ3) is 4.71. The zero-order valence-electron chi connectivity index (χ0n) is 14.6. The van der Waals surface area contributed by atoms with Gasteiger partial charge in [0.25, 0.3) is 0 Å². The summed E-state index contributed by atoms with van der Waals surface area (Å²) in [5, 5.41) is 0. The molecule has 1 aliphatic heterocycles. The molecule has 5 nitrogen and oxygen atoms in total. The first-order valence-corrected chi connectivity index (χ1v) is 8.09. The molecule has 25 heavy (non-hydrogen) atoms. The first-order valence-electron chi connectivity index (χ1n) is 8.09. The number of nitrogens with zero attached hydrogens (tertiary/aromatic N) is 2. The Morgan fingerprint density at radius 1 is 1.40 bits per heavy atom. The van der Waals surface area contributed by atoms with Crippen LogP contribution < -0.4 is 0 Å². The lowest BCUT2D eigenvalue weighted by Crippen LogP contribution is -2.47. The Bertz CT molecular complexity index is 592. The van der Waals surface area contributed by atoms with Gasteiger partial charge in [0.15, 0.2) is 17.5 Å². The van der Waals surface area contributed by atoms with Gasteiger partial charge in [-0.1, -0.05) is 0 Å². The largest absolute Gasteiger partial charge is 0.468 e. The molecule has 1 aromatic rings. The van der Waals surface area contributed by atoms with Crippen LogP contribution in [0, 0.1) is 17.5 Å². The molecule has 8 heteroatoms. The molecule has 1 aromatic carbocycles. The molecule has 2 rings (SSSR count). The number of esters is 1. The molecule has 0 amide bonds. The number of morpholine rings is 1. The van der Waals surface area contributed by atoms with E-state index in [4.69, 9.17) is 9.47 Å². The molecule has 0 bridgehead atoms. The van der Waals surface area contributed by atoms with Gasteiger partial charge in [0.05, 0.1) is 20.3 Å². The van der Waals surface area contributed by atoms with Crippen molar-refractivity contribution in [1.82, 2.24) is 9.80 Å². The van der Waals surface area contributed by atoms with Crippen LogP contribution in [0.3, 0.4) is 0 Å². The lowest BCUT2D eigenvalue weighted by Gasteiger charge is -2.35. The van der Waals surface area contributed by atoms with Crippen molar-refractivity contribution in [2.45, 2.75) is 19.0 Å². The average Bonchev–Trinajstić information content (AvgIpc) is 2.58. The van der Waals surface area contributed by atoms with Gasteiger partial charge in [0, 0.05) is 25.7 Å². The molecular formula is C17H23F3N2O3. The Kier molecular flexibility index (Phi) is 6.80. The summed E-state index contributed by atoms with van der Waals surface area (Å²) in [5.74, 6) is -4.89. The van der Waals surface area contributed by atoms with Crippen LogP contribution in [0.1, 0.15) is 18.5 Å². The van der Waals surface area contributed by atoms with Crippen molar-refractivity contribution >= 4 is 5.97 Å². The fraction of sp³-hybridized carbons (Fsp3) is 0.588. The summed E-state index contributed by atoms with van der Waals surface area (Å²) in [5.41, 5.74) is 0.0146. The van der Waals surface area contributed by atoms with Crippen LogP contribution in [-0.4, -0.2) is 68.8 Å². The molecule has 0 saturated carbocycles. The Balaban J connectivity index is 2.15. The Labute approximate surface area is 145 Å². The molecule has 0 aromatic heterocycles. The van der Waals surface area contributed by atoms with Gasteiger partial charge in [0.2, 0.25) is 0 Å². The van der Waals surface area contributed by atoms with Crippen molar-refractivity contribution in [1.29, 1.82) is 0 Å². The number of methoxy groups -OCH3 is 1. The summed E-state index contributed by atoms with van der Waals surface area (Å²) in [4.78, 5) is 16.0. The number of likely N-dealkylation sites (N-methyl/N-ethyl adjacent to an activating group) is 1. The molecule has 0 spiro atoms. The lowest BCUT2D eigenvalue weighted by molar-refractivity contribution is -0.147. The zero-order valence-corrected chi connectivity index (χ0v) is 14.6. The molecule has 2 atom stereocenters. The number of ether oxygens (including phenoxy) is 2. The molecular weight excluding hydrogens is 337 g/mol. The minimum atomic E-state index is -1.56. The van der Waals surface area contributed by atoms with Crippen LogP contribution in [0.25, 0.3) is 0 Å². The molecule has 0 N–H and O–H groups in total. The number of benzene rings is 1. The Morgan fingerprint density at radius 2 is 2.04 bits per heavy atom. The van der Waals surface area contributed by atoms with Crippen LogP contribution >= 0.6 is 0 Å². The highest BCUT2D eigenvalue weighted by atomic mass is 19.2. The topological polar surface area (TPSA) is 42.0 Å². The summed E-state index contributed by atoms with van der Waals surface area (Å²) >= 11 is 0. The van der Waals surface area contributed by atoms with Gasteiger partial charge in [-0.05, 0) is 31.7 Å². The second-order valence-corrected chi connectivity index (χ2v) is 6.16.